The molecule has 0 bridgehead atoms. The smallest absolute Gasteiger partial charge is 0.308 e. The largest absolute Gasteiger partial charge is 0.466 e. The molecule has 3 aromatic rings. The van der Waals surface area contributed by atoms with Gasteiger partial charge in [-0.15, -0.1) is 0 Å². The van der Waals surface area contributed by atoms with Crippen molar-refractivity contribution in [1.29, 1.82) is 0 Å². The van der Waals surface area contributed by atoms with Crippen LogP contribution in [0, 0.1) is 45.3 Å². The molecule has 4 rings (SSSR count). The maximum Gasteiger partial charge on any atom is 0.308 e. The Morgan fingerprint density at radius 3 is 2.33 bits per heavy atom. The van der Waals surface area contributed by atoms with Crippen molar-refractivity contribution in [2.75, 3.05) is 26.2 Å². The van der Waals surface area contributed by atoms with Crippen LogP contribution in [0.15, 0.2) is 41.2 Å². The lowest BCUT2D eigenvalue weighted by atomic mass is 9.90. The van der Waals surface area contributed by atoms with Crippen LogP contribution >= 0.6 is 0 Å². The van der Waals surface area contributed by atoms with Gasteiger partial charge in [-0.3, -0.25) is 14.4 Å². The zero-order valence-corrected chi connectivity index (χ0v) is 28.6. The van der Waals surface area contributed by atoms with E-state index in [9.17, 15) is 14.4 Å². The van der Waals surface area contributed by atoms with Crippen LogP contribution in [0.4, 0.5) is 4.39 Å². The summed E-state index contributed by atoms with van der Waals surface area (Å²) in [5.41, 5.74) is 5.33. The number of carbonyl (C=O) groups is 2. The van der Waals surface area contributed by atoms with Gasteiger partial charge in [0.15, 0.2) is 0 Å². The molecule has 1 N–H and O–H groups in total. The Kier molecular flexibility index (Phi) is 11.5. The van der Waals surface area contributed by atoms with Crippen LogP contribution < -0.4 is 10.9 Å². The van der Waals surface area contributed by atoms with E-state index < -0.39 is 29.8 Å². The van der Waals surface area contributed by atoms with E-state index in [0.717, 1.165) is 47.6 Å². The summed E-state index contributed by atoms with van der Waals surface area (Å²) in [5, 5.41) is 7.64. The summed E-state index contributed by atoms with van der Waals surface area (Å²) in [5.74, 6) is -0.832. The van der Waals surface area contributed by atoms with Gasteiger partial charge in [-0.1, -0.05) is 39.0 Å². The monoisotopic (exact) mass is 632 g/mol. The lowest BCUT2D eigenvalue weighted by molar-refractivity contribution is -0.144. The maximum absolute atomic E-state index is 16.0. The molecule has 1 aromatic heterocycles. The second kappa shape index (κ2) is 15.2. The Bertz CT molecular complexity index is 1610. The van der Waals surface area contributed by atoms with Gasteiger partial charge in [-0.05, 0) is 98.9 Å². The van der Waals surface area contributed by atoms with E-state index in [1.54, 1.807) is 39.0 Å². The number of ether oxygens (including phenoxy) is 1. The van der Waals surface area contributed by atoms with Crippen LogP contribution in [0.1, 0.15) is 86.1 Å². The van der Waals surface area contributed by atoms with Crippen molar-refractivity contribution in [3.63, 3.8) is 0 Å². The van der Waals surface area contributed by atoms with Crippen LogP contribution in [0.2, 0.25) is 0 Å². The molecule has 1 aliphatic heterocycles. The average Bonchev–Trinajstić information content (AvgIpc) is 2.96. The van der Waals surface area contributed by atoms with Gasteiger partial charge in [0.2, 0.25) is 5.91 Å². The quantitative estimate of drug-likeness (QED) is 0.227. The lowest BCUT2D eigenvalue weighted by Gasteiger charge is -2.37. The number of benzene rings is 2. The van der Waals surface area contributed by atoms with Crippen LogP contribution in [0.5, 0.6) is 0 Å². The van der Waals surface area contributed by atoms with Crippen molar-refractivity contribution in [3.05, 3.63) is 86.1 Å². The van der Waals surface area contributed by atoms with Crippen LogP contribution in [0.3, 0.4) is 0 Å². The number of carbonyl (C=O) groups excluding carboxylic acids is 2. The second-order valence-corrected chi connectivity index (χ2v) is 13.4. The molecule has 2 aromatic carbocycles. The minimum absolute atomic E-state index is 0.0471. The standard InChI is InChI=1S/C37H49FN4O4/c1-9-46-33(43)19-31(30-18-28(16-26(7)35(30)38)34-24(5)11-10-12-25(34)6)39-36(44)32(15-22(2)3)42-37(45)27(8)17-29(40-42)13-14-41-20-23(4)21-41/h10-12,16-18,22-23,31-32H,9,13-15,19-21H2,1-8H3,(H,39,44). The van der Waals surface area contributed by atoms with Crippen molar-refractivity contribution >= 4 is 11.9 Å². The molecule has 0 saturated carbocycles. The average molecular weight is 633 g/mol. The molecular weight excluding hydrogens is 583 g/mol. The number of aromatic nitrogens is 2. The summed E-state index contributed by atoms with van der Waals surface area (Å²) in [6, 6.07) is 9.29. The first-order valence-corrected chi connectivity index (χ1v) is 16.4. The number of hydrogen-bond acceptors (Lipinski definition) is 6. The van der Waals surface area contributed by atoms with E-state index in [4.69, 9.17) is 4.74 Å². The Morgan fingerprint density at radius 1 is 1.04 bits per heavy atom. The molecule has 248 valence electrons. The predicted octanol–water partition coefficient (Wildman–Crippen LogP) is 6.18. The van der Waals surface area contributed by atoms with Crippen molar-refractivity contribution in [1.82, 2.24) is 20.0 Å². The van der Waals surface area contributed by atoms with Gasteiger partial charge in [0.25, 0.3) is 5.56 Å². The number of hydrogen-bond donors (Lipinski definition) is 1. The highest BCUT2D eigenvalue weighted by Gasteiger charge is 2.31. The zero-order valence-electron chi connectivity index (χ0n) is 28.6. The van der Waals surface area contributed by atoms with E-state index in [0.29, 0.717) is 29.9 Å². The number of amides is 1. The number of esters is 1. The molecule has 9 heteroatoms. The fourth-order valence-corrected chi connectivity index (χ4v) is 6.44. The van der Waals surface area contributed by atoms with E-state index in [1.165, 1.54) is 4.68 Å². The minimum atomic E-state index is -1.03. The third-order valence-electron chi connectivity index (χ3n) is 8.70. The minimum Gasteiger partial charge on any atom is -0.466 e. The molecule has 1 aliphatic rings. The van der Waals surface area contributed by atoms with Gasteiger partial charge >= 0.3 is 5.97 Å². The first-order valence-electron chi connectivity index (χ1n) is 16.4. The summed E-state index contributed by atoms with van der Waals surface area (Å²) in [6.45, 7) is 18.3. The van der Waals surface area contributed by atoms with Crippen molar-refractivity contribution in [3.8, 4) is 11.1 Å². The fraction of sp³-hybridized carbons (Fsp3) is 0.514. The number of rotatable bonds is 13. The molecule has 0 spiro atoms. The van der Waals surface area contributed by atoms with Crippen LogP contribution in [-0.4, -0.2) is 52.8 Å². The molecule has 1 saturated heterocycles. The van der Waals surface area contributed by atoms with Gasteiger partial charge in [0.1, 0.15) is 11.9 Å². The van der Waals surface area contributed by atoms with Gasteiger partial charge in [-0.25, -0.2) is 9.07 Å². The summed E-state index contributed by atoms with van der Waals surface area (Å²) in [4.78, 5) is 42.8. The molecule has 8 nitrogen and oxygen atoms in total. The Hall–Kier alpha value is -3.85. The Morgan fingerprint density at radius 2 is 1.72 bits per heavy atom. The summed E-state index contributed by atoms with van der Waals surface area (Å²) in [6.07, 6.45) is 0.725. The number of aryl methyl sites for hydroxylation is 4. The highest BCUT2D eigenvalue weighted by molar-refractivity contribution is 5.82. The topological polar surface area (TPSA) is 93.5 Å². The molecule has 1 amide bonds. The molecule has 46 heavy (non-hydrogen) atoms. The van der Waals surface area contributed by atoms with E-state index in [1.807, 2.05) is 45.9 Å². The molecule has 2 heterocycles. The van der Waals surface area contributed by atoms with Crippen LogP contribution in [-0.2, 0) is 20.7 Å². The maximum atomic E-state index is 16.0. The van der Waals surface area contributed by atoms with Gasteiger partial charge in [0, 0.05) is 37.2 Å². The van der Waals surface area contributed by atoms with E-state index in [-0.39, 0.29) is 30.1 Å². The molecule has 2 unspecified atom stereocenters. The molecule has 2 atom stereocenters. The highest BCUT2D eigenvalue weighted by Crippen LogP contribution is 2.34. The lowest BCUT2D eigenvalue weighted by Crippen LogP contribution is -2.46. The third kappa shape index (κ3) is 8.29. The number of nitrogens with zero attached hydrogens (tertiary/aromatic N) is 3. The molecular formula is C37H49FN4O4. The highest BCUT2D eigenvalue weighted by atomic mass is 19.1. The van der Waals surface area contributed by atoms with Crippen molar-refractivity contribution in [2.45, 2.75) is 86.7 Å². The number of nitrogens with one attached hydrogen (secondary N) is 1. The van der Waals surface area contributed by atoms with Gasteiger partial charge < -0.3 is 15.0 Å². The fourth-order valence-electron chi connectivity index (χ4n) is 6.44. The second-order valence-electron chi connectivity index (χ2n) is 13.4. The summed E-state index contributed by atoms with van der Waals surface area (Å²) in [7, 11) is 0. The summed E-state index contributed by atoms with van der Waals surface area (Å²) >= 11 is 0. The SMILES string of the molecule is CCOC(=O)CC(NC(=O)C(CC(C)C)n1nc(CCN2CC(C)C2)cc(C)c1=O)c1cc(-c2c(C)cccc2C)cc(C)c1F. The first kappa shape index (κ1) is 35.0. The first-order chi connectivity index (χ1) is 21.8. The number of likely N-dealkylation sites (tertiary alicyclic amines) is 1. The van der Waals surface area contributed by atoms with Gasteiger partial charge in [-0.2, -0.15) is 5.10 Å². The Balaban J connectivity index is 1.73. The molecule has 1 fully saturated rings. The Labute approximate surface area is 272 Å². The summed E-state index contributed by atoms with van der Waals surface area (Å²) < 4.78 is 22.5. The van der Waals surface area contributed by atoms with E-state index >= 15 is 4.39 Å². The van der Waals surface area contributed by atoms with Crippen LogP contribution in [0.25, 0.3) is 11.1 Å². The van der Waals surface area contributed by atoms with Crippen molar-refractivity contribution in [2.24, 2.45) is 11.8 Å². The van der Waals surface area contributed by atoms with E-state index in [2.05, 4.69) is 22.2 Å². The molecule has 0 aliphatic carbocycles. The molecule has 0 radical (unpaired) electrons. The third-order valence-corrected chi connectivity index (χ3v) is 8.70. The number of halogens is 1. The zero-order chi connectivity index (χ0) is 33.7. The van der Waals surface area contributed by atoms with Gasteiger partial charge in [0.05, 0.1) is 24.8 Å². The van der Waals surface area contributed by atoms with Crippen molar-refractivity contribution < 1.29 is 18.7 Å². The normalized spacial score (nSPS) is 15.0. The predicted molar refractivity (Wildman–Crippen MR) is 179 cm³/mol.